The highest BCUT2D eigenvalue weighted by atomic mass is 16.5. The fourth-order valence-corrected chi connectivity index (χ4v) is 8.46. The molecule has 0 saturated heterocycles. The van der Waals surface area contributed by atoms with Gasteiger partial charge in [0.05, 0.1) is 18.6 Å². The normalized spacial score (nSPS) is 26.9. The van der Waals surface area contributed by atoms with E-state index in [1.807, 2.05) is 0 Å². The SMILES string of the molecule is CCOC(=O)CCC(=O)c1cccc(-c2ccc(O)c3c2C[C@]2(C)C[C@]4(C)C(C(C)C)C(O)=C(C(C)=O)C(=O)[C@]4(O)C(O)=C2C3=O)c1. The molecule has 0 aliphatic heterocycles. The Labute approximate surface area is 272 Å². The van der Waals surface area contributed by atoms with Gasteiger partial charge in [0.2, 0.25) is 5.78 Å². The lowest BCUT2D eigenvalue weighted by molar-refractivity contribution is -0.171. The van der Waals surface area contributed by atoms with E-state index in [-0.39, 0.29) is 60.9 Å². The molecule has 0 bridgehead atoms. The first-order chi connectivity index (χ1) is 21.9. The first-order valence-corrected chi connectivity index (χ1v) is 15.8. The van der Waals surface area contributed by atoms with Gasteiger partial charge in [0.15, 0.2) is 23.0 Å². The number of aliphatic hydroxyl groups is 3. The number of phenols is 1. The van der Waals surface area contributed by atoms with Gasteiger partial charge in [-0.15, -0.1) is 0 Å². The second-order valence-corrected chi connectivity index (χ2v) is 13.8. The number of Topliss-reactive ketones (excluding diaryl/α,β-unsaturated/α-hetero) is 4. The summed E-state index contributed by atoms with van der Waals surface area (Å²) in [5.41, 5.74) is -4.44. The topological polar surface area (TPSA) is 175 Å². The number of aliphatic hydroxyl groups excluding tert-OH is 2. The number of esters is 1. The van der Waals surface area contributed by atoms with E-state index >= 15 is 0 Å². The standard InChI is InChI=1S/C37H40O10/c1-7-47-26(41)14-13-24(39)21-10-8-9-20(15-21)22-11-12-25(40)28-23(22)16-35(5)17-36(6)29(18(2)3)31(42)27(19(4)38)33(44)37(36,46)34(45)30(35)32(28)43/h8-12,15,18,29,40,42,45-46H,7,13-14,16-17H2,1-6H3/t29?,35-,36-,37+/m1/s1. The van der Waals surface area contributed by atoms with Crippen molar-refractivity contribution in [1.82, 2.24) is 0 Å². The van der Waals surface area contributed by atoms with Crippen molar-refractivity contribution >= 4 is 29.1 Å². The predicted molar refractivity (Wildman–Crippen MR) is 171 cm³/mol. The van der Waals surface area contributed by atoms with E-state index in [2.05, 4.69) is 0 Å². The summed E-state index contributed by atoms with van der Waals surface area (Å²) in [6.07, 6.45) is -0.0657. The molecule has 47 heavy (non-hydrogen) atoms. The maximum atomic E-state index is 14.3. The van der Waals surface area contributed by atoms with Crippen LogP contribution < -0.4 is 0 Å². The first kappa shape index (κ1) is 33.8. The second-order valence-electron chi connectivity index (χ2n) is 13.8. The third kappa shape index (κ3) is 4.92. The quantitative estimate of drug-likeness (QED) is 0.162. The molecule has 0 aromatic heterocycles. The molecule has 10 nitrogen and oxygen atoms in total. The molecule has 248 valence electrons. The second kappa shape index (κ2) is 11.6. The van der Waals surface area contributed by atoms with E-state index in [1.54, 1.807) is 65.0 Å². The smallest absolute Gasteiger partial charge is 0.306 e. The van der Waals surface area contributed by atoms with Crippen molar-refractivity contribution in [1.29, 1.82) is 0 Å². The van der Waals surface area contributed by atoms with Crippen LogP contribution >= 0.6 is 0 Å². The van der Waals surface area contributed by atoms with Crippen LogP contribution in [0.15, 0.2) is 59.1 Å². The minimum absolute atomic E-state index is 0.0353. The number of fused-ring (bicyclic) bond motifs is 3. The number of benzene rings is 2. The van der Waals surface area contributed by atoms with Crippen molar-refractivity contribution in [2.24, 2.45) is 22.7 Å². The minimum atomic E-state index is -2.69. The number of carbonyl (C=O) groups is 5. The molecular weight excluding hydrogens is 604 g/mol. The minimum Gasteiger partial charge on any atom is -0.511 e. The molecular formula is C37H40O10. The Morgan fingerprint density at radius 3 is 2.32 bits per heavy atom. The first-order valence-electron chi connectivity index (χ1n) is 15.8. The largest absolute Gasteiger partial charge is 0.511 e. The lowest BCUT2D eigenvalue weighted by Crippen LogP contribution is -2.67. The summed E-state index contributed by atoms with van der Waals surface area (Å²) in [7, 11) is 0. The van der Waals surface area contributed by atoms with E-state index in [0.717, 1.165) is 6.92 Å². The van der Waals surface area contributed by atoms with Gasteiger partial charge in [0, 0.05) is 34.3 Å². The molecule has 0 heterocycles. The summed E-state index contributed by atoms with van der Waals surface area (Å²) in [5, 5.41) is 46.4. The predicted octanol–water partition coefficient (Wildman–Crippen LogP) is 5.54. The van der Waals surface area contributed by atoms with E-state index in [0.29, 0.717) is 22.3 Å². The van der Waals surface area contributed by atoms with Crippen molar-refractivity contribution < 1.29 is 49.1 Å². The zero-order valence-electron chi connectivity index (χ0n) is 27.4. The Morgan fingerprint density at radius 2 is 1.70 bits per heavy atom. The van der Waals surface area contributed by atoms with Crippen LogP contribution in [0, 0.1) is 22.7 Å². The van der Waals surface area contributed by atoms with Gasteiger partial charge < -0.3 is 25.2 Å². The fraction of sp³-hybridized carbons (Fsp3) is 0.432. The van der Waals surface area contributed by atoms with Crippen LogP contribution in [-0.2, 0) is 25.5 Å². The summed E-state index contributed by atoms with van der Waals surface area (Å²) in [4.78, 5) is 65.6. The lowest BCUT2D eigenvalue weighted by atomic mass is 9.44. The third-order valence-corrected chi connectivity index (χ3v) is 10.2. The number of hydrogen-bond acceptors (Lipinski definition) is 10. The van der Waals surface area contributed by atoms with Gasteiger partial charge in [0.25, 0.3) is 0 Å². The van der Waals surface area contributed by atoms with Crippen LogP contribution in [0.25, 0.3) is 11.1 Å². The van der Waals surface area contributed by atoms with Gasteiger partial charge in [-0.05, 0) is 61.4 Å². The number of ketones is 4. The molecule has 3 aliphatic rings. The maximum absolute atomic E-state index is 14.3. The van der Waals surface area contributed by atoms with Crippen LogP contribution in [0.3, 0.4) is 0 Å². The molecule has 4 N–H and O–H groups in total. The van der Waals surface area contributed by atoms with Crippen molar-refractivity contribution in [3.63, 3.8) is 0 Å². The molecule has 0 radical (unpaired) electrons. The van der Waals surface area contributed by atoms with E-state index < -0.39 is 62.8 Å². The molecule has 2 aromatic carbocycles. The Kier molecular flexibility index (Phi) is 8.33. The summed E-state index contributed by atoms with van der Waals surface area (Å²) in [6.45, 7) is 9.85. The van der Waals surface area contributed by atoms with E-state index in [1.165, 1.54) is 6.07 Å². The maximum Gasteiger partial charge on any atom is 0.306 e. The van der Waals surface area contributed by atoms with Gasteiger partial charge >= 0.3 is 5.97 Å². The molecule has 5 rings (SSSR count). The number of allylic oxidation sites excluding steroid dienone is 2. The Morgan fingerprint density at radius 1 is 1.02 bits per heavy atom. The van der Waals surface area contributed by atoms with E-state index in [9.17, 15) is 44.4 Å². The lowest BCUT2D eigenvalue weighted by Gasteiger charge is -2.59. The molecule has 0 amide bonds. The number of aromatic hydroxyl groups is 1. The van der Waals surface area contributed by atoms with Crippen molar-refractivity contribution in [3.05, 3.63) is 75.8 Å². The van der Waals surface area contributed by atoms with Crippen LogP contribution in [0.2, 0.25) is 0 Å². The number of rotatable bonds is 8. The molecule has 0 spiro atoms. The Hall–Kier alpha value is -4.57. The molecule has 0 saturated carbocycles. The van der Waals surface area contributed by atoms with Crippen molar-refractivity contribution in [3.8, 4) is 16.9 Å². The monoisotopic (exact) mass is 644 g/mol. The highest BCUT2D eigenvalue weighted by Gasteiger charge is 2.71. The number of ether oxygens (including phenoxy) is 1. The van der Waals surface area contributed by atoms with Crippen molar-refractivity contribution in [2.45, 2.75) is 72.8 Å². The van der Waals surface area contributed by atoms with Crippen LogP contribution in [-0.4, -0.2) is 61.7 Å². The molecule has 10 heteroatoms. The average Bonchev–Trinajstić information content (AvgIpc) is 2.97. The highest BCUT2D eigenvalue weighted by molar-refractivity contribution is 6.25. The number of hydrogen-bond donors (Lipinski definition) is 4. The molecule has 4 atom stereocenters. The van der Waals surface area contributed by atoms with Gasteiger partial charge in [-0.1, -0.05) is 52.0 Å². The zero-order chi connectivity index (χ0) is 34.8. The van der Waals surface area contributed by atoms with Gasteiger partial charge in [0.1, 0.15) is 22.8 Å². The molecule has 3 aliphatic carbocycles. The van der Waals surface area contributed by atoms with Gasteiger partial charge in [-0.2, -0.15) is 0 Å². The average molecular weight is 645 g/mol. The van der Waals surface area contributed by atoms with Crippen LogP contribution in [0.1, 0.15) is 87.1 Å². The highest BCUT2D eigenvalue weighted by Crippen LogP contribution is 2.65. The fourth-order valence-electron chi connectivity index (χ4n) is 8.46. The van der Waals surface area contributed by atoms with Crippen LogP contribution in [0.5, 0.6) is 5.75 Å². The van der Waals surface area contributed by atoms with Crippen molar-refractivity contribution in [2.75, 3.05) is 6.61 Å². The zero-order valence-corrected chi connectivity index (χ0v) is 27.4. The summed E-state index contributed by atoms with van der Waals surface area (Å²) in [5.74, 6) is -6.49. The number of carbonyl (C=O) groups excluding carboxylic acids is 5. The van der Waals surface area contributed by atoms with E-state index in [4.69, 9.17) is 4.74 Å². The third-order valence-electron chi connectivity index (χ3n) is 10.2. The number of phenolic OH excluding ortho intramolecular Hbond substituents is 1. The van der Waals surface area contributed by atoms with Crippen LogP contribution in [0.4, 0.5) is 0 Å². The summed E-state index contributed by atoms with van der Waals surface area (Å²) < 4.78 is 4.92. The summed E-state index contributed by atoms with van der Waals surface area (Å²) in [6, 6.07) is 9.68. The Balaban J connectivity index is 1.66. The van der Waals surface area contributed by atoms with Gasteiger partial charge in [-0.3, -0.25) is 24.0 Å². The summed E-state index contributed by atoms with van der Waals surface area (Å²) >= 11 is 0. The van der Waals surface area contributed by atoms with Gasteiger partial charge in [-0.25, -0.2) is 0 Å². The Bertz CT molecular complexity index is 1810. The molecule has 0 fully saturated rings. The molecule has 1 unspecified atom stereocenters. The molecule has 2 aromatic rings.